The van der Waals surface area contributed by atoms with Gasteiger partial charge in [-0.15, -0.1) is 0 Å². The van der Waals surface area contributed by atoms with Crippen LogP contribution in [0.2, 0.25) is 0 Å². The molecular formula is C16H14F3N3O4. The van der Waals surface area contributed by atoms with Gasteiger partial charge in [-0.05, 0) is 30.3 Å². The van der Waals surface area contributed by atoms with E-state index >= 15 is 0 Å². The van der Waals surface area contributed by atoms with Crippen molar-refractivity contribution in [2.75, 3.05) is 19.6 Å². The summed E-state index contributed by atoms with van der Waals surface area (Å²) in [6, 6.07) is 7.05. The van der Waals surface area contributed by atoms with Crippen molar-refractivity contribution in [3.05, 3.63) is 57.6 Å². The highest BCUT2D eigenvalue weighted by atomic mass is 19.4. The minimum absolute atomic E-state index is 0.180. The van der Waals surface area contributed by atoms with Crippen LogP contribution in [0, 0.1) is 10.1 Å². The zero-order valence-electron chi connectivity index (χ0n) is 13.7. The van der Waals surface area contributed by atoms with Crippen LogP contribution >= 0.6 is 0 Å². The van der Waals surface area contributed by atoms with Crippen molar-refractivity contribution in [3.63, 3.8) is 0 Å². The Morgan fingerprint density at radius 1 is 1.15 bits per heavy atom. The quantitative estimate of drug-likeness (QED) is 0.471. The summed E-state index contributed by atoms with van der Waals surface area (Å²) in [4.78, 5) is 10.1. The first-order valence-electron chi connectivity index (χ1n) is 7.13. The number of anilines is 1. The summed E-state index contributed by atoms with van der Waals surface area (Å²) in [7, 11) is 2.93. The minimum Gasteiger partial charge on any atom is -0.497 e. The number of ether oxygens (including phenoxy) is 2. The van der Waals surface area contributed by atoms with Gasteiger partial charge >= 0.3 is 6.18 Å². The number of benzene rings is 2. The number of methoxy groups -OCH3 is 2. The van der Waals surface area contributed by atoms with Crippen molar-refractivity contribution >= 4 is 17.6 Å². The largest absolute Gasteiger partial charge is 0.497 e. The average Bonchev–Trinajstić information content (AvgIpc) is 2.60. The van der Waals surface area contributed by atoms with Gasteiger partial charge in [-0.1, -0.05) is 0 Å². The van der Waals surface area contributed by atoms with E-state index < -0.39 is 22.4 Å². The minimum atomic E-state index is -4.68. The van der Waals surface area contributed by atoms with Gasteiger partial charge in [0.15, 0.2) is 0 Å². The predicted octanol–water partition coefficient (Wildman–Crippen LogP) is 4.08. The first-order valence-corrected chi connectivity index (χ1v) is 7.13. The molecule has 10 heteroatoms. The molecule has 0 fully saturated rings. The molecule has 138 valence electrons. The molecule has 0 unspecified atom stereocenters. The molecule has 2 rings (SSSR count). The van der Waals surface area contributed by atoms with Crippen LogP contribution in [0.1, 0.15) is 11.1 Å². The lowest BCUT2D eigenvalue weighted by Gasteiger charge is -2.09. The Bertz CT molecular complexity index is 838. The standard InChI is InChI=1S/C16H14F3N3O4/c1-25-12-4-6-15(26-2)10(7-12)9-20-21-13-5-3-11(16(17,18)19)8-14(13)22(23)24/h3-9,21H,1-2H3/b20-9-. The summed E-state index contributed by atoms with van der Waals surface area (Å²) in [6.45, 7) is 0. The number of hydrogen-bond acceptors (Lipinski definition) is 6. The van der Waals surface area contributed by atoms with Gasteiger partial charge in [0, 0.05) is 11.6 Å². The van der Waals surface area contributed by atoms with E-state index in [4.69, 9.17) is 9.47 Å². The molecule has 0 atom stereocenters. The molecule has 0 amide bonds. The van der Waals surface area contributed by atoms with E-state index in [9.17, 15) is 23.3 Å². The molecule has 0 bridgehead atoms. The lowest BCUT2D eigenvalue weighted by Crippen LogP contribution is -2.06. The zero-order valence-corrected chi connectivity index (χ0v) is 13.7. The van der Waals surface area contributed by atoms with Crippen molar-refractivity contribution in [2.45, 2.75) is 6.18 Å². The molecule has 0 saturated carbocycles. The molecule has 0 spiro atoms. The molecule has 0 heterocycles. The van der Waals surface area contributed by atoms with Gasteiger partial charge in [0.25, 0.3) is 5.69 Å². The van der Waals surface area contributed by atoms with Gasteiger partial charge in [0.2, 0.25) is 0 Å². The maximum atomic E-state index is 12.7. The van der Waals surface area contributed by atoms with Crippen molar-refractivity contribution in [1.29, 1.82) is 0 Å². The van der Waals surface area contributed by atoms with Crippen molar-refractivity contribution < 1.29 is 27.6 Å². The average molecular weight is 369 g/mol. The Kier molecular flexibility index (Phi) is 5.65. The summed E-state index contributed by atoms with van der Waals surface area (Å²) >= 11 is 0. The summed E-state index contributed by atoms with van der Waals surface area (Å²) in [5.41, 5.74) is 0.845. The second-order valence-electron chi connectivity index (χ2n) is 4.96. The van der Waals surface area contributed by atoms with Crippen molar-refractivity contribution in [3.8, 4) is 11.5 Å². The normalized spacial score (nSPS) is 11.4. The molecule has 2 aromatic carbocycles. The number of rotatable bonds is 6. The first-order chi connectivity index (χ1) is 12.3. The third kappa shape index (κ3) is 4.41. The Balaban J connectivity index is 2.29. The highest BCUT2D eigenvalue weighted by Gasteiger charge is 2.33. The van der Waals surface area contributed by atoms with Crippen LogP contribution < -0.4 is 14.9 Å². The third-order valence-electron chi connectivity index (χ3n) is 3.35. The van der Waals surface area contributed by atoms with Gasteiger partial charge < -0.3 is 9.47 Å². The molecule has 0 aliphatic heterocycles. The highest BCUT2D eigenvalue weighted by molar-refractivity contribution is 5.85. The van der Waals surface area contributed by atoms with Crippen LogP contribution in [0.5, 0.6) is 11.5 Å². The van der Waals surface area contributed by atoms with E-state index in [2.05, 4.69) is 10.5 Å². The number of nitro groups is 1. The number of halogens is 3. The molecule has 0 aliphatic rings. The molecule has 7 nitrogen and oxygen atoms in total. The summed E-state index contributed by atoms with van der Waals surface area (Å²) in [5.74, 6) is 1.01. The summed E-state index contributed by atoms with van der Waals surface area (Å²) in [5, 5.41) is 14.9. The van der Waals surface area contributed by atoms with Gasteiger partial charge in [-0.2, -0.15) is 18.3 Å². The zero-order chi connectivity index (χ0) is 19.3. The molecule has 0 saturated heterocycles. The van der Waals surface area contributed by atoms with E-state index in [-0.39, 0.29) is 5.69 Å². The monoisotopic (exact) mass is 369 g/mol. The Morgan fingerprint density at radius 3 is 2.46 bits per heavy atom. The molecule has 0 radical (unpaired) electrons. The SMILES string of the molecule is COc1ccc(OC)c(/C=N\Nc2ccc(C(F)(F)F)cc2[N+](=O)[O-])c1. The highest BCUT2D eigenvalue weighted by Crippen LogP contribution is 2.35. The Morgan fingerprint density at radius 2 is 1.88 bits per heavy atom. The lowest BCUT2D eigenvalue weighted by molar-refractivity contribution is -0.384. The number of nitrogens with one attached hydrogen (secondary N) is 1. The Labute approximate surface area is 146 Å². The molecule has 1 N–H and O–H groups in total. The van der Waals surface area contributed by atoms with Crippen molar-refractivity contribution in [1.82, 2.24) is 0 Å². The van der Waals surface area contributed by atoms with E-state index in [1.165, 1.54) is 20.4 Å². The number of nitrogens with zero attached hydrogens (tertiary/aromatic N) is 2. The van der Waals surface area contributed by atoms with Gasteiger partial charge in [-0.25, -0.2) is 0 Å². The second-order valence-corrected chi connectivity index (χ2v) is 4.96. The van der Waals surface area contributed by atoms with E-state index in [1.54, 1.807) is 18.2 Å². The first kappa shape index (κ1) is 19.0. The molecular weight excluding hydrogens is 355 g/mol. The van der Waals surface area contributed by atoms with Gasteiger partial charge in [-0.3, -0.25) is 15.5 Å². The van der Waals surface area contributed by atoms with Crippen LogP contribution in [-0.2, 0) is 6.18 Å². The maximum Gasteiger partial charge on any atom is 0.416 e. The fraction of sp³-hybridized carbons (Fsp3) is 0.188. The lowest BCUT2D eigenvalue weighted by atomic mass is 10.1. The van der Waals surface area contributed by atoms with Crippen LogP contribution in [-0.4, -0.2) is 25.4 Å². The second kappa shape index (κ2) is 7.72. The Hall–Kier alpha value is -3.30. The molecule has 0 aliphatic carbocycles. The van der Waals surface area contributed by atoms with Crippen LogP contribution in [0.3, 0.4) is 0 Å². The van der Waals surface area contributed by atoms with E-state index in [1.807, 2.05) is 0 Å². The van der Waals surface area contributed by atoms with Crippen molar-refractivity contribution in [2.24, 2.45) is 5.10 Å². The summed E-state index contributed by atoms with van der Waals surface area (Å²) in [6.07, 6.45) is -3.37. The van der Waals surface area contributed by atoms with E-state index in [0.717, 1.165) is 12.1 Å². The molecule has 2 aromatic rings. The predicted molar refractivity (Wildman–Crippen MR) is 88.9 cm³/mol. The van der Waals surface area contributed by atoms with Gasteiger partial charge in [0.1, 0.15) is 17.2 Å². The third-order valence-corrected chi connectivity index (χ3v) is 3.35. The topological polar surface area (TPSA) is 86.0 Å². The van der Waals surface area contributed by atoms with Crippen LogP contribution in [0.4, 0.5) is 24.5 Å². The fourth-order valence-electron chi connectivity index (χ4n) is 2.07. The van der Waals surface area contributed by atoms with Crippen LogP contribution in [0.25, 0.3) is 0 Å². The number of alkyl halides is 3. The van der Waals surface area contributed by atoms with Gasteiger partial charge in [0.05, 0.1) is 30.9 Å². The number of nitro benzene ring substituents is 1. The fourth-order valence-corrected chi connectivity index (χ4v) is 2.07. The van der Waals surface area contributed by atoms with Crippen LogP contribution in [0.15, 0.2) is 41.5 Å². The smallest absolute Gasteiger partial charge is 0.416 e. The number of hydrazone groups is 1. The molecule has 0 aromatic heterocycles. The maximum absolute atomic E-state index is 12.7. The summed E-state index contributed by atoms with van der Waals surface area (Å²) < 4.78 is 48.3. The van der Waals surface area contributed by atoms with E-state index in [0.29, 0.717) is 23.1 Å². The number of hydrogen-bond donors (Lipinski definition) is 1. The molecule has 26 heavy (non-hydrogen) atoms.